The summed E-state index contributed by atoms with van der Waals surface area (Å²) in [6, 6.07) is 8.43. The van der Waals surface area contributed by atoms with Gasteiger partial charge in [0.05, 0.1) is 18.6 Å². The van der Waals surface area contributed by atoms with Gasteiger partial charge in [-0.15, -0.1) is 0 Å². The molecule has 1 fully saturated rings. The summed E-state index contributed by atoms with van der Waals surface area (Å²) in [5, 5.41) is 6.78. The molecule has 0 bridgehead atoms. The fraction of sp³-hybridized carbons (Fsp3) is 0.450. The first-order valence-electron chi connectivity index (χ1n) is 9.60. The number of benzene rings is 1. The minimum atomic E-state index is 0.218. The van der Waals surface area contributed by atoms with Crippen molar-refractivity contribution in [2.45, 2.75) is 39.3 Å². The van der Waals surface area contributed by atoms with Crippen LogP contribution in [0.4, 0.5) is 0 Å². The fourth-order valence-corrected chi connectivity index (χ4v) is 3.30. The number of carbonyl (C=O) groups is 1. The number of nitrogens with one attached hydrogen (secondary N) is 2. The Labute approximate surface area is 160 Å². The van der Waals surface area contributed by atoms with Crippen LogP contribution in [0.3, 0.4) is 0 Å². The van der Waals surface area contributed by atoms with Crippen LogP contribution >= 0.6 is 0 Å². The van der Waals surface area contributed by atoms with E-state index in [0.717, 1.165) is 43.3 Å². The molecule has 2 aromatic rings. The molecule has 1 aromatic carbocycles. The summed E-state index contributed by atoms with van der Waals surface area (Å²) in [6.45, 7) is 6.87. The summed E-state index contributed by atoms with van der Waals surface area (Å²) in [5.41, 5.74) is 2.21. The van der Waals surface area contributed by atoms with E-state index in [2.05, 4.69) is 34.7 Å². The second-order valence-electron chi connectivity index (χ2n) is 6.62. The molecule has 1 amide bonds. The van der Waals surface area contributed by atoms with Crippen molar-refractivity contribution in [3.05, 3.63) is 48.5 Å². The Kier molecular flexibility index (Phi) is 6.46. The molecule has 7 heteroatoms. The van der Waals surface area contributed by atoms with Crippen LogP contribution < -0.4 is 10.6 Å². The molecule has 1 aliphatic rings. The monoisotopic (exact) mass is 368 g/mol. The number of aromatic nitrogens is 2. The van der Waals surface area contributed by atoms with Crippen LogP contribution in [0.25, 0.3) is 5.69 Å². The Morgan fingerprint density at radius 1 is 1.33 bits per heavy atom. The molecule has 1 unspecified atom stereocenters. The SMILES string of the molecule is CCNC(=NCc1ccccc1-n1ccnc1)NC1CCN(C(=O)CC)C1. The Balaban J connectivity index is 1.68. The molecule has 1 aromatic heterocycles. The summed E-state index contributed by atoms with van der Waals surface area (Å²) >= 11 is 0. The molecule has 0 radical (unpaired) electrons. The van der Waals surface area contributed by atoms with Crippen LogP contribution in [-0.4, -0.2) is 52.0 Å². The highest BCUT2D eigenvalue weighted by Crippen LogP contribution is 2.15. The first kappa shape index (κ1) is 18.9. The van der Waals surface area contributed by atoms with Crippen molar-refractivity contribution in [3.63, 3.8) is 0 Å². The number of para-hydroxylation sites is 1. The molecule has 1 saturated heterocycles. The summed E-state index contributed by atoms with van der Waals surface area (Å²) in [6.07, 6.45) is 7.01. The number of hydrogen-bond donors (Lipinski definition) is 2. The lowest BCUT2D eigenvalue weighted by atomic mass is 10.2. The molecule has 1 aliphatic heterocycles. The van der Waals surface area contributed by atoms with E-state index in [4.69, 9.17) is 4.99 Å². The van der Waals surface area contributed by atoms with Crippen molar-refractivity contribution in [3.8, 4) is 5.69 Å². The van der Waals surface area contributed by atoms with E-state index >= 15 is 0 Å². The number of imidazole rings is 1. The van der Waals surface area contributed by atoms with E-state index in [1.807, 2.05) is 34.7 Å². The Morgan fingerprint density at radius 3 is 2.93 bits per heavy atom. The lowest BCUT2D eigenvalue weighted by Crippen LogP contribution is -2.45. The van der Waals surface area contributed by atoms with Crippen molar-refractivity contribution in [1.82, 2.24) is 25.1 Å². The second-order valence-corrected chi connectivity index (χ2v) is 6.62. The highest BCUT2D eigenvalue weighted by atomic mass is 16.2. The number of hydrogen-bond acceptors (Lipinski definition) is 3. The normalized spacial score (nSPS) is 17.2. The molecule has 2 N–H and O–H groups in total. The van der Waals surface area contributed by atoms with Gasteiger partial charge in [-0.1, -0.05) is 25.1 Å². The van der Waals surface area contributed by atoms with Gasteiger partial charge < -0.3 is 20.1 Å². The Hall–Kier alpha value is -2.83. The van der Waals surface area contributed by atoms with Crippen molar-refractivity contribution in [2.24, 2.45) is 4.99 Å². The highest BCUT2D eigenvalue weighted by molar-refractivity contribution is 5.80. The van der Waals surface area contributed by atoms with Gasteiger partial charge in [0, 0.05) is 44.5 Å². The zero-order valence-electron chi connectivity index (χ0n) is 16.1. The molecular weight excluding hydrogens is 340 g/mol. The minimum Gasteiger partial charge on any atom is -0.357 e. The van der Waals surface area contributed by atoms with Gasteiger partial charge in [-0.2, -0.15) is 0 Å². The maximum Gasteiger partial charge on any atom is 0.222 e. The third kappa shape index (κ3) is 4.87. The van der Waals surface area contributed by atoms with Gasteiger partial charge in [0.2, 0.25) is 5.91 Å². The van der Waals surface area contributed by atoms with E-state index in [9.17, 15) is 4.79 Å². The standard InChI is InChI=1S/C20H28N6O/c1-3-19(27)25-11-9-17(14-25)24-20(22-4-2)23-13-16-7-5-6-8-18(16)26-12-10-21-15-26/h5-8,10,12,15,17H,3-4,9,11,13-14H2,1-2H3,(H2,22,23,24). The zero-order valence-corrected chi connectivity index (χ0v) is 16.1. The van der Waals surface area contributed by atoms with Crippen molar-refractivity contribution in [2.75, 3.05) is 19.6 Å². The number of aliphatic imine (C=N–C) groups is 1. The largest absolute Gasteiger partial charge is 0.357 e. The summed E-state index contributed by atoms with van der Waals surface area (Å²) in [4.78, 5) is 22.7. The predicted molar refractivity (Wildman–Crippen MR) is 107 cm³/mol. The third-order valence-electron chi connectivity index (χ3n) is 4.71. The van der Waals surface area contributed by atoms with Crippen LogP contribution in [0.5, 0.6) is 0 Å². The number of guanidine groups is 1. The van der Waals surface area contributed by atoms with Crippen LogP contribution in [0.2, 0.25) is 0 Å². The summed E-state index contributed by atoms with van der Waals surface area (Å²) in [7, 11) is 0. The molecule has 0 spiro atoms. The first-order valence-corrected chi connectivity index (χ1v) is 9.60. The molecule has 2 heterocycles. The fourth-order valence-electron chi connectivity index (χ4n) is 3.30. The van der Waals surface area contributed by atoms with Crippen LogP contribution in [0.15, 0.2) is 48.0 Å². The van der Waals surface area contributed by atoms with Crippen molar-refractivity contribution < 1.29 is 4.79 Å². The third-order valence-corrected chi connectivity index (χ3v) is 4.71. The lowest BCUT2D eigenvalue weighted by molar-refractivity contribution is -0.129. The number of amides is 1. The zero-order chi connectivity index (χ0) is 19.1. The quantitative estimate of drug-likeness (QED) is 0.604. The maximum absolute atomic E-state index is 11.9. The number of rotatable bonds is 6. The average Bonchev–Trinajstić information content (AvgIpc) is 3.38. The van der Waals surface area contributed by atoms with Gasteiger partial charge >= 0.3 is 0 Å². The molecule has 7 nitrogen and oxygen atoms in total. The molecular formula is C20H28N6O. The molecule has 3 rings (SSSR count). The predicted octanol–water partition coefficient (Wildman–Crippen LogP) is 1.94. The van der Waals surface area contributed by atoms with E-state index in [0.29, 0.717) is 13.0 Å². The van der Waals surface area contributed by atoms with Crippen LogP contribution in [0, 0.1) is 0 Å². The molecule has 144 valence electrons. The maximum atomic E-state index is 11.9. The summed E-state index contributed by atoms with van der Waals surface area (Å²) < 4.78 is 2.00. The number of nitrogens with zero attached hydrogens (tertiary/aromatic N) is 4. The van der Waals surface area contributed by atoms with Gasteiger partial charge in [0.1, 0.15) is 0 Å². The Bertz CT molecular complexity index is 771. The molecule has 27 heavy (non-hydrogen) atoms. The Morgan fingerprint density at radius 2 is 2.19 bits per heavy atom. The summed E-state index contributed by atoms with van der Waals surface area (Å²) in [5.74, 6) is 1.00. The molecule has 1 atom stereocenters. The van der Waals surface area contributed by atoms with E-state index < -0.39 is 0 Å². The average molecular weight is 368 g/mol. The van der Waals surface area contributed by atoms with Gasteiger partial charge in [0.25, 0.3) is 0 Å². The van der Waals surface area contributed by atoms with Gasteiger partial charge in [-0.25, -0.2) is 9.98 Å². The van der Waals surface area contributed by atoms with E-state index in [1.165, 1.54) is 0 Å². The van der Waals surface area contributed by atoms with E-state index in [-0.39, 0.29) is 11.9 Å². The first-order chi connectivity index (χ1) is 13.2. The molecule has 0 aliphatic carbocycles. The van der Waals surface area contributed by atoms with E-state index in [1.54, 1.807) is 12.5 Å². The second kappa shape index (κ2) is 9.21. The molecule has 0 saturated carbocycles. The van der Waals surface area contributed by atoms with Gasteiger partial charge in [0.15, 0.2) is 5.96 Å². The van der Waals surface area contributed by atoms with Crippen molar-refractivity contribution in [1.29, 1.82) is 0 Å². The smallest absolute Gasteiger partial charge is 0.222 e. The lowest BCUT2D eigenvalue weighted by Gasteiger charge is -2.19. The number of likely N-dealkylation sites (tertiary alicyclic amines) is 1. The topological polar surface area (TPSA) is 74.6 Å². The van der Waals surface area contributed by atoms with Crippen molar-refractivity contribution >= 4 is 11.9 Å². The number of carbonyl (C=O) groups excluding carboxylic acids is 1. The van der Waals surface area contributed by atoms with Crippen LogP contribution in [-0.2, 0) is 11.3 Å². The van der Waals surface area contributed by atoms with Crippen LogP contribution in [0.1, 0.15) is 32.3 Å². The highest BCUT2D eigenvalue weighted by Gasteiger charge is 2.25. The minimum absolute atomic E-state index is 0.218. The van der Waals surface area contributed by atoms with Gasteiger partial charge in [-0.05, 0) is 25.0 Å². The van der Waals surface area contributed by atoms with Gasteiger partial charge in [-0.3, -0.25) is 4.79 Å².